The van der Waals surface area contributed by atoms with E-state index >= 15 is 0 Å². The van der Waals surface area contributed by atoms with Crippen LogP contribution in [-0.2, 0) is 6.42 Å². The molecule has 4 heterocycles. The maximum absolute atomic E-state index is 6.44. The number of nitrogens with two attached hydrogens (primary N) is 1. The SMILES string of the molecule is Cc1[nH]nc2ccc(-c3cc(OC[C@@H](N)Cc4c[nH]c5ccccc45)cnc3-c3ccco3)cc12. The number of aryl methyl sites for hydroxylation is 1. The topological polar surface area (TPSA) is 106 Å². The number of furan rings is 1. The zero-order valence-corrected chi connectivity index (χ0v) is 19.3. The summed E-state index contributed by atoms with van der Waals surface area (Å²) >= 11 is 0. The van der Waals surface area contributed by atoms with Crippen molar-refractivity contribution in [3.8, 4) is 28.3 Å². The summed E-state index contributed by atoms with van der Waals surface area (Å²) in [7, 11) is 0. The van der Waals surface area contributed by atoms with Gasteiger partial charge in [-0.1, -0.05) is 24.3 Å². The fourth-order valence-corrected chi connectivity index (χ4v) is 4.51. The van der Waals surface area contributed by atoms with E-state index < -0.39 is 0 Å². The Balaban J connectivity index is 1.27. The first-order chi connectivity index (χ1) is 17.2. The molecule has 7 nitrogen and oxygen atoms in total. The summed E-state index contributed by atoms with van der Waals surface area (Å²) in [5, 5.41) is 9.65. The zero-order chi connectivity index (χ0) is 23.8. The Morgan fingerprint density at radius 1 is 1.06 bits per heavy atom. The normalized spacial score (nSPS) is 12.4. The van der Waals surface area contributed by atoms with Crippen LogP contribution in [-0.4, -0.2) is 32.8 Å². The molecule has 0 fully saturated rings. The number of pyridine rings is 1. The number of rotatable bonds is 7. The molecular formula is C28H25N5O2. The van der Waals surface area contributed by atoms with E-state index in [0.29, 0.717) is 24.5 Å². The lowest BCUT2D eigenvalue weighted by molar-refractivity contribution is 0.287. The van der Waals surface area contributed by atoms with Gasteiger partial charge in [-0.05, 0) is 60.9 Å². The van der Waals surface area contributed by atoms with Crippen molar-refractivity contribution in [2.24, 2.45) is 5.73 Å². The van der Waals surface area contributed by atoms with Crippen molar-refractivity contribution in [2.75, 3.05) is 6.61 Å². The highest BCUT2D eigenvalue weighted by Gasteiger charge is 2.16. The van der Waals surface area contributed by atoms with E-state index in [0.717, 1.165) is 38.9 Å². The Labute approximate surface area is 201 Å². The lowest BCUT2D eigenvalue weighted by Gasteiger charge is -2.15. The van der Waals surface area contributed by atoms with Gasteiger partial charge in [-0.2, -0.15) is 5.10 Å². The molecule has 0 aliphatic heterocycles. The summed E-state index contributed by atoms with van der Waals surface area (Å²) in [4.78, 5) is 8.00. The van der Waals surface area contributed by atoms with Crippen molar-refractivity contribution in [1.29, 1.82) is 0 Å². The van der Waals surface area contributed by atoms with Crippen LogP contribution in [0.15, 0.2) is 83.7 Å². The number of aromatic nitrogens is 4. The molecule has 0 saturated heterocycles. The fourth-order valence-electron chi connectivity index (χ4n) is 4.51. The van der Waals surface area contributed by atoms with Gasteiger partial charge in [-0.3, -0.25) is 5.10 Å². The summed E-state index contributed by atoms with van der Waals surface area (Å²) in [6.45, 7) is 2.39. The Morgan fingerprint density at radius 2 is 1.97 bits per heavy atom. The molecule has 35 heavy (non-hydrogen) atoms. The number of para-hydroxylation sites is 1. The standard InChI is InChI=1S/C28H25N5O2/c1-17-23-12-18(8-9-26(23)33-32-17)24-13-21(15-31-28(24)27-7-4-10-34-27)35-16-20(29)11-19-14-30-25-6-3-2-5-22(19)25/h2-10,12-15,20,30H,11,16,29H2,1H3,(H,32,33)/t20-/m0/s1. The monoisotopic (exact) mass is 463 g/mol. The van der Waals surface area contributed by atoms with E-state index in [9.17, 15) is 0 Å². The molecule has 6 rings (SSSR count). The van der Waals surface area contributed by atoms with Crippen LogP contribution in [0.2, 0.25) is 0 Å². The van der Waals surface area contributed by atoms with Gasteiger partial charge in [0.15, 0.2) is 5.76 Å². The second-order valence-electron chi connectivity index (χ2n) is 8.76. The number of aromatic amines is 2. The van der Waals surface area contributed by atoms with Crippen molar-refractivity contribution in [3.05, 3.63) is 90.6 Å². The van der Waals surface area contributed by atoms with Gasteiger partial charge in [0.2, 0.25) is 0 Å². The molecule has 0 amide bonds. The first-order valence-electron chi connectivity index (χ1n) is 11.6. The number of ether oxygens (including phenoxy) is 1. The van der Waals surface area contributed by atoms with Crippen molar-refractivity contribution >= 4 is 21.8 Å². The Kier molecular flexibility index (Phi) is 5.31. The van der Waals surface area contributed by atoms with Gasteiger partial charge in [-0.15, -0.1) is 0 Å². The van der Waals surface area contributed by atoms with Crippen molar-refractivity contribution in [3.63, 3.8) is 0 Å². The number of benzene rings is 2. The van der Waals surface area contributed by atoms with Crippen LogP contribution in [0.3, 0.4) is 0 Å². The van der Waals surface area contributed by atoms with Crippen LogP contribution in [0.25, 0.3) is 44.4 Å². The molecule has 174 valence electrons. The van der Waals surface area contributed by atoms with Crippen LogP contribution in [0.4, 0.5) is 0 Å². The highest BCUT2D eigenvalue weighted by molar-refractivity contribution is 5.89. The molecular weight excluding hydrogens is 438 g/mol. The second-order valence-corrected chi connectivity index (χ2v) is 8.76. The quantitative estimate of drug-likeness (QED) is 0.285. The molecule has 4 N–H and O–H groups in total. The number of nitrogens with zero attached hydrogens (tertiary/aromatic N) is 2. The minimum atomic E-state index is -0.160. The van der Waals surface area contributed by atoms with Gasteiger partial charge in [0.05, 0.1) is 18.0 Å². The summed E-state index contributed by atoms with van der Waals surface area (Å²) < 4.78 is 11.8. The number of nitrogens with one attached hydrogen (secondary N) is 2. The van der Waals surface area contributed by atoms with Crippen LogP contribution >= 0.6 is 0 Å². The van der Waals surface area contributed by atoms with E-state index in [1.165, 1.54) is 10.9 Å². The number of hydrogen-bond acceptors (Lipinski definition) is 5. The minimum absolute atomic E-state index is 0.160. The van der Waals surface area contributed by atoms with Gasteiger partial charge >= 0.3 is 0 Å². The van der Waals surface area contributed by atoms with Gasteiger partial charge in [0.25, 0.3) is 0 Å². The lowest BCUT2D eigenvalue weighted by Crippen LogP contribution is -2.30. The predicted octanol–water partition coefficient (Wildman–Crippen LogP) is 5.62. The van der Waals surface area contributed by atoms with E-state index in [4.69, 9.17) is 19.9 Å². The fraction of sp³-hybridized carbons (Fsp3) is 0.143. The van der Waals surface area contributed by atoms with E-state index in [1.807, 2.05) is 55.6 Å². The number of H-pyrrole nitrogens is 2. The summed E-state index contributed by atoms with van der Waals surface area (Å²) in [5.74, 6) is 1.36. The van der Waals surface area contributed by atoms with Gasteiger partial charge in [0, 0.05) is 39.8 Å². The van der Waals surface area contributed by atoms with Crippen LogP contribution in [0.1, 0.15) is 11.3 Å². The number of fused-ring (bicyclic) bond motifs is 2. The lowest BCUT2D eigenvalue weighted by atomic mass is 10.0. The summed E-state index contributed by atoms with van der Waals surface area (Å²) in [6, 6.07) is 20.0. The molecule has 0 aliphatic rings. The molecule has 0 saturated carbocycles. The highest BCUT2D eigenvalue weighted by atomic mass is 16.5. The smallest absolute Gasteiger partial charge is 0.152 e. The Morgan fingerprint density at radius 3 is 2.86 bits per heavy atom. The number of hydrogen-bond donors (Lipinski definition) is 3. The van der Waals surface area contributed by atoms with Gasteiger partial charge in [0.1, 0.15) is 18.1 Å². The average molecular weight is 464 g/mol. The third-order valence-corrected chi connectivity index (χ3v) is 6.29. The van der Waals surface area contributed by atoms with Crippen molar-refractivity contribution in [2.45, 2.75) is 19.4 Å². The third-order valence-electron chi connectivity index (χ3n) is 6.29. The van der Waals surface area contributed by atoms with Crippen molar-refractivity contribution in [1.82, 2.24) is 20.2 Å². The average Bonchev–Trinajstić information content (AvgIpc) is 3.64. The molecule has 0 bridgehead atoms. The maximum atomic E-state index is 6.44. The van der Waals surface area contributed by atoms with Crippen molar-refractivity contribution < 1.29 is 9.15 Å². The molecule has 6 aromatic rings. The van der Waals surface area contributed by atoms with Gasteiger partial charge < -0.3 is 19.9 Å². The molecule has 2 aromatic carbocycles. The van der Waals surface area contributed by atoms with E-state index in [1.54, 1.807) is 12.5 Å². The molecule has 0 spiro atoms. The van der Waals surface area contributed by atoms with Crippen LogP contribution in [0, 0.1) is 6.92 Å². The molecule has 4 aromatic heterocycles. The summed E-state index contributed by atoms with van der Waals surface area (Å²) in [6.07, 6.45) is 6.11. The van der Waals surface area contributed by atoms with E-state index in [2.05, 4.69) is 33.4 Å². The first-order valence-corrected chi connectivity index (χ1v) is 11.6. The minimum Gasteiger partial charge on any atom is -0.490 e. The predicted molar refractivity (Wildman–Crippen MR) is 137 cm³/mol. The maximum Gasteiger partial charge on any atom is 0.152 e. The molecule has 0 radical (unpaired) electrons. The second kappa shape index (κ2) is 8.77. The van der Waals surface area contributed by atoms with E-state index in [-0.39, 0.29) is 6.04 Å². The van der Waals surface area contributed by atoms with Crippen LogP contribution < -0.4 is 10.5 Å². The Bertz CT molecular complexity index is 1610. The Hall–Kier alpha value is -4.36. The largest absolute Gasteiger partial charge is 0.490 e. The molecule has 1 atom stereocenters. The molecule has 0 aliphatic carbocycles. The molecule has 7 heteroatoms. The zero-order valence-electron chi connectivity index (χ0n) is 19.3. The van der Waals surface area contributed by atoms with Gasteiger partial charge in [-0.25, -0.2) is 4.98 Å². The molecule has 0 unspecified atom stereocenters. The first kappa shape index (κ1) is 21.2. The van der Waals surface area contributed by atoms with Crippen LogP contribution in [0.5, 0.6) is 5.75 Å². The third kappa shape index (κ3) is 4.06. The summed E-state index contributed by atoms with van der Waals surface area (Å²) in [5.41, 5.74) is 13.4. The highest BCUT2D eigenvalue weighted by Crippen LogP contribution is 2.35.